The number of carbonyl (C=O) groups excluding carboxylic acids is 1. The van der Waals surface area contributed by atoms with E-state index in [1.165, 1.54) is 30.3 Å². The highest BCUT2D eigenvalue weighted by atomic mass is 19.1. The Labute approximate surface area is 110 Å². The molecule has 0 radical (unpaired) electrons. The summed E-state index contributed by atoms with van der Waals surface area (Å²) in [5, 5.41) is 11.7. The smallest absolute Gasteiger partial charge is 0.248 e. The van der Waals surface area contributed by atoms with Gasteiger partial charge in [-0.3, -0.25) is 4.79 Å². The van der Waals surface area contributed by atoms with Crippen molar-refractivity contribution in [2.45, 2.75) is 0 Å². The number of benzene rings is 2. The number of hydrogen-bond acceptors (Lipinski definition) is 2. The van der Waals surface area contributed by atoms with Gasteiger partial charge >= 0.3 is 0 Å². The Kier molecular flexibility index (Phi) is 3.93. The van der Waals surface area contributed by atoms with Crippen molar-refractivity contribution in [2.24, 2.45) is 0 Å². The molecule has 3 nitrogen and oxygen atoms in total. The molecule has 19 heavy (non-hydrogen) atoms. The first-order chi connectivity index (χ1) is 9.13. The summed E-state index contributed by atoms with van der Waals surface area (Å²) in [6.07, 6.45) is 2.95. The molecule has 4 heteroatoms. The molecule has 0 saturated carbocycles. The van der Waals surface area contributed by atoms with Gasteiger partial charge in [-0.05, 0) is 48.0 Å². The average Bonchev–Trinajstić information content (AvgIpc) is 2.41. The highest BCUT2D eigenvalue weighted by Crippen LogP contribution is 2.13. The zero-order valence-corrected chi connectivity index (χ0v) is 10.0. The summed E-state index contributed by atoms with van der Waals surface area (Å²) in [5.41, 5.74) is 1.33. The summed E-state index contributed by atoms with van der Waals surface area (Å²) in [6.45, 7) is 0. The van der Waals surface area contributed by atoms with Crippen LogP contribution in [0.4, 0.5) is 10.1 Å². The van der Waals surface area contributed by atoms with Crippen molar-refractivity contribution >= 4 is 17.7 Å². The van der Waals surface area contributed by atoms with E-state index in [1.807, 2.05) is 0 Å². The number of anilines is 1. The molecule has 2 aromatic carbocycles. The van der Waals surface area contributed by atoms with Crippen molar-refractivity contribution in [3.05, 3.63) is 66.0 Å². The molecule has 0 fully saturated rings. The maximum absolute atomic E-state index is 12.7. The van der Waals surface area contributed by atoms with E-state index >= 15 is 0 Å². The summed E-state index contributed by atoms with van der Waals surface area (Å²) in [6, 6.07) is 12.0. The van der Waals surface area contributed by atoms with Crippen LogP contribution in [0.15, 0.2) is 54.6 Å². The first-order valence-electron chi connectivity index (χ1n) is 5.67. The van der Waals surface area contributed by atoms with Crippen molar-refractivity contribution in [1.29, 1.82) is 0 Å². The third kappa shape index (κ3) is 3.96. The predicted molar refractivity (Wildman–Crippen MR) is 72.2 cm³/mol. The van der Waals surface area contributed by atoms with Gasteiger partial charge in [-0.1, -0.05) is 12.1 Å². The van der Waals surface area contributed by atoms with Crippen LogP contribution in [0.1, 0.15) is 5.56 Å². The Hall–Kier alpha value is -2.62. The largest absolute Gasteiger partial charge is 0.508 e. The van der Waals surface area contributed by atoms with Crippen LogP contribution in [0.2, 0.25) is 0 Å². The van der Waals surface area contributed by atoms with Crippen molar-refractivity contribution < 1.29 is 14.3 Å². The lowest BCUT2D eigenvalue weighted by atomic mass is 10.2. The molecule has 0 heterocycles. The zero-order valence-electron chi connectivity index (χ0n) is 10.0. The maximum atomic E-state index is 12.7. The standard InChI is InChI=1S/C15H12FNO2/c16-12-4-1-11(2-5-12)3-10-15(19)17-13-6-8-14(18)9-7-13/h1-10,18H,(H,17,19)/b10-3+. The van der Waals surface area contributed by atoms with Gasteiger partial charge in [0.25, 0.3) is 0 Å². The lowest BCUT2D eigenvalue weighted by Crippen LogP contribution is -2.07. The Morgan fingerprint density at radius 3 is 2.32 bits per heavy atom. The van der Waals surface area contributed by atoms with Crippen LogP contribution in [0, 0.1) is 5.82 Å². The van der Waals surface area contributed by atoms with Gasteiger partial charge in [0.1, 0.15) is 11.6 Å². The van der Waals surface area contributed by atoms with Crippen molar-refractivity contribution in [3.8, 4) is 5.75 Å². The number of aromatic hydroxyl groups is 1. The number of phenols is 1. The average molecular weight is 257 g/mol. The van der Waals surface area contributed by atoms with Crippen LogP contribution in [-0.4, -0.2) is 11.0 Å². The lowest BCUT2D eigenvalue weighted by Gasteiger charge is -2.01. The van der Waals surface area contributed by atoms with E-state index in [-0.39, 0.29) is 17.5 Å². The fourth-order valence-corrected chi connectivity index (χ4v) is 1.47. The molecule has 2 N–H and O–H groups in total. The molecular formula is C15H12FNO2. The molecule has 0 bridgehead atoms. The minimum atomic E-state index is -0.314. The Bertz CT molecular complexity index is 589. The van der Waals surface area contributed by atoms with E-state index in [9.17, 15) is 9.18 Å². The summed E-state index contributed by atoms with van der Waals surface area (Å²) in [5.74, 6) is -0.472. The van der Waals surface area contributed by atoms with Gasteiger partial charge in [0, 0.05) is 11.8 Å². The third-order valence-electron chi connectivity index (χ3n) is 2.43. The summed E-state index contributed by atoms with van der Waals surface area (Å²) in [7, 11) is 0. The quantitative estimate of drug-likeness (QED) is 0.655. The molecule has 1 amide bonds. The third-order valence-corrected chi connectivity index (χ3v) is 2.43. The van der Waals surface area contributed by atoms with Crippen LogP contribution in [-0.2, 0) is 4.79 Å². The first-order valence-corrected chi connectivity index (χ1v) is 5.67. The number of halogens is 1. The molecule has 0 aromatic heterocycles. The summed E-state index contributed by atoms with van der Waals surface area (Å²) >= 11 is 0. The van der Waals surface area contributed by atoms with Gasteiger partial charge in [0.15, 0.2) is 0 Å². The monoisotopic (exact) mass is 257 g/mol. The van der Waals surface area contributed by atoms with Gasteiger partial charge in [0.2, 0.25) is 5.91 Å². The molecule has 2 rings (SSSR count). The molecule has 0 aliphatic heterocycles. The molecule has 0 spiro atoms. The fraction of sp³-hybridized carbons (Fsp3) is 0. The molecule has 2 aromatic rings. The Morgan fingerprint density at radius 1 is 1.05 bits per heavy atom. The van der Waals surface area contributed by atoms with Crippen LogP contribution < -0.4 is 5.32 Å². The number of hydrogen-bond donors (Lipinski definition) is 2. The zero-order chi connectivity index (χ0) is 13.7. The highest BCUT2D eigenvalue weighted by molar-refractivity contribution is 6.01. The number of carbonyl (C=O) groups is 1. The molecular weight excluding hydrogens is 245 g/mol. The van der Waals surface area contributed by atoms with Gasteiger partial charge in [0.05, 0.1) is 0 Å². The number of amides is 1. The van der Waals surface area contributed by atoms with E-state index in [0.717, 1.165) is 5.56 Å². The summed E-state index contributed by atoms with van der Waals surface area (Å²) in [4.78, 5) is 11.6. The molecule has 0 saturated heterocycles. The normalized spacial score (nSPS) is 10.6. The van der Waals surface area contributed by atoms with Crippen LogP contribution in [0.3, 0.4) is 0 Å². The van der Waals surface area contributed by atoms with E-state index in [4.69, 9.17) is 5.11 Å². The highest BCUT2D eigenvalue weighted by Gasteiger charge is 1.98. The summed E-state index contributed by atoms with van der Waals surface area (Å²) < 4.78 is 12.7. The van der Waals surface area contributed by atoms with Crippen molar-refractivity contribution in [3.63, 3.8) is 0 Å². The van der Waals surface area contributed by atoms with Crippen LogP contribution >= 0.6 is 0 Å². The molecule has 0 aliphatic rings. The van der Waals surface area contributed by atoms with Gasteiger partial charge in [-0.2, -0.15) is 0 Å². The van der Waals surface area contributed by atoms with E-state index in [1.54, 1.807) is 30.3 Å². The molecule has 96 valence electrons. The van der Waals surface area contributed by atoms with Gasteiger partial charge in [-0.15, -0.1) is 0 Å². The van der Waals surface area contributed by atoms with E-state index in [0.29, 0.717) is 5.69 Å². The van der Waals surface area contributed by atoms with Crippen LogP contribution in [0.5, 0.6) is 5.75 Å². The van der Waals surface area contributed by atoms with E-state index < -0.39 is 0 Å². The SMILES string of the molecule is O=C(/C=C/c1ccc(F)cc1)Nc1ccc(O)cc1. The second kappa shape index (κ2) is 5.82. The molecule has 0 aliphatic carbocycles. The topological polar surface area (TPSA) is 49.3 Å². The Balaban J connectivity index is 1.97. The minimum Gasteiger partial charge on any atom is -0.508 e. The number of phenolic OH excluding ortho intramolecular Hbond substituents is 1. The van der Waals surface area contributed by atoms with Gasteiger partial charge in [-0.25, -0.2) is 4.39 Å². The van der Waals surface area contributed by atoms with E-state index in [2.05, 4.69) is 5.32 Å². The Morgan fingerprint density at radius 2 is 1.68 bits per heavy atom. The number of rotatable bonds is 3. The lowest BCUT2D eigenvalue weighted by molar-refractivity contribution is -0.111. The van der Waals surface area contributed by atoms with Gasteiger partial charge < -0.3 is 10.4 Å². The predicted octanol–water partition coefficient (Wildman–Crippen LogP) is 3.18. The second-order valence-corrected chi connectivity index (χ2v) is 3.92. The maximum Gasteiger partial charge on any atom is 0.248 e. The molecule has 0 atom stereocenters. The van der Waals surface area contributed by atoms with Crippen molar-refractivity contribution in [2.75, 3.05) is 5.32 Å². The van der Waals surface area contributed by atoms with Crippen LogP contribution in [0.25, 0.3) is 6.08 Å². The molecule has 0 unspecified atom stereocenters. The van der Waals surface area contributed by atoms with Crippen molar-refractivity contribution in [1.82, 2.24) is 0 Å². The number of nitrogens with one attached hydrogen (secondary N) is 1. The second-order valence-electron chi connectivity index (χ2n) is 3.92. The fourth-order valence-electron chi connectivity index (χ4n) is 1.47. The minimum absolute atomic E-state index is 0.139. The first kappa shape index (κ1) is 12.8.